The van der Waals surface area contributed by atoms with E-state index >= 15 is 0 Å². The van der Waals surface area contributed by atoms with Crippen molar-refractivity contribution in [3.8, 4) is 11.5 Å². The molecule has 1 aromatic rings. The summed E-state index contributed by atoms with van der Waals surface area (Å²) in [5.74, 6) is 1.42. The molecule has 6 heteroatoms. The number of ether oxygens (including phenoxy) is 2. The van der Waals surface area contributed by atoms with E-state index in [0.29, 0.717) is 24.1 Å². The van der Waals surface area contributed by atoms with E-state index in [1.54, 1.807) is 14.2 Å². The van der Waals surface area contributed by atoms with Crippen molar-refractivity contribution in [3.63, 3.8) is 0 Å². The van der Waals surface area contributed by atoms with E-state index in [0.717, 1.165) is 30.8 Å². The fourth-order valence-electron chi connectivity index (χ4n) is 3.13. The van der Waals surface area contributed by atoms with E-state index in [2.05, 4.69) is 22.5 Å². The molecule has 1 aliphatic rings. The molecule has 1 saturated heterocycles. The van der Waals surface area contributed by atoms with Gasteiger partial charge in [0.15, 0.2) is 11.5 Å². The van der Waals surface area contributed by atoms with Gasteiger partial charge in [0, 0.05) is 25.7 Å². The maximum Gasteiger partial charge on any atom is 0.234 e. The van der Waals surface area contributed by atoms with Crippen LogP contribution in [0.25, 0.3) is 0 Å². The van der Waals surface area contributed by atoms with Crippen molar-refractivity contribution in [2.24, 2.45) is 0 Å². The second-order valence-electron chi connectivity index (χ2n) is 6.38. The van der Waals surface area contributed by atoms with Crippen LogP contribution in [0.3, 0.4) is 0 Å². The molecule has 134 valence electrons. The number of aryl methyl sites for hydroxylation is 1. The number of nitrogens with one attached hydrogen (secondary N) is 2. The average molecular weight is 335 g/mol. The minimum atomic E-state index is -0.0875. The molecule has 2 atom stereocenters. The molecule has 1 unspecified atom stereocenters. The molecule has 1 aliphatic heterocycles. The Morgan fingerprint density at radius 2 is 2.04 bits per heavy atom. The van der Waals surface area contributed by atoms with Gasteiger partial charge in [-0.2, -0.15) is 0 Å². The third-order valence-electron chi connectivity index (χ3n) is 4.60. The van der Waals surface area contributed by atoms with E-state index < -0.39 is 0 Å². The second kappa shape index (κ2) is 8.35. The maximum atomic E-state index is 12.4. The number of amides is 1. The van der Waals surface area contributed by atoms with E-state index in [1.165, 1.54) is 0 Å². The van der Waals surface area contributed by atoms with Gasteiger partial charge in [0.25, 0.3) is 0 Å². The van der Waals surface area contributed by atoms with Crippen molar-refractivity contribution < 1.29 is 14.3 Å². The number of piperazine rings is 1. The lowest BCUT2D eigenvalue weighted by Gasteiger charge is -2.33. The Morgan fingerprint density at radius 3 is 2.67 bits per heavy atom. The number of carbonyl (C=O) groups excluding carboxylic acids is 1. The summed E-state index contributed by atoms with van der Waals surface area (Å²) in [5, 5.41) is 6.43. The highest BCUT2D eigenvalue weighted by Gasteiger charge is 2.22. The van der Waals surface area contributed by atoms with Crippen molar-refractivity contribution in [1.82, 2.24) is 15.5 Å². The number of carbonyl (C=O) groups is 1. The molecule has 0 saturated carbocycles. The monoisotopic (exact) mass is 335 g/mol. The first kappa shape index (κ1) is 18.5. The van der Waals surface area contributed by atoms with Gasteiger partial charge in [-0.3, -0.25) is 9.69 Å². The third-order valence-corrected chi connectivity index (χ3v) is 4.60. The highest BCUT2D eigenvalue weighted by Crippen LogP contribution is 2.32. The number of hydrogen-bond acceptors (Lipinski definition) is 5. The molecule has 2 N–H and O–H groups in total. The maximum absolute atomic E-state index is 12.4. The summed E-state index contributed by atoms with van der Waals surface area (Å²) < 4.78 is 10.7. The summed E-state index contributed by atoms with van der Waals surface area (Å²) in [5.41, 5.74) is 2.10. The Labute approximate surface area is 144 Å². The third kappa shape index (κ3) is 4.39. The predicted molar refractivity (Wildman–Crippen MR) is 94.7 cm³/mol. The molecule has 6 nitrogen and oxygen atoms in total. The lowest BCUT2D eigenvalue weighted by Crippen LogP contribution is -2.52. The zero-order valence-corrected chi connectivity index (χ0v) is 15.3. The van der Waals surface area contributed by atoms with Crippen LogP contribution < -0.4 is 20.1 Å². The summed E-state index contributed by atoms with van der Waals surface area (Å²) in [6.07, 6.45) is 0. The molecular weight excluding hydrogens is 306 g/mol. The first-order valence-corrected chi connectivity index (χ1v) is 8.43. The van der Waals surface area contributed by atoms with Crippen molar-refractivity contribution in [3.05, 3.63) is 23.3 Å². The van der Waals surface area contributed by atoms with Crippen molar-refractivity contribution in [2.75, 3.05) is 40.4 Å². The van der Waals surface area contributed by atoms with Crippen molar-refractivity contribution in [2.45, 2.75) is 32.9 Å². The fourth-order valence-corrected chi connectivity index (χ4v) is 3.13. The van der Waals surface area contributed by atoms with Gasteiger partial charge < -0.3 is 20.1 Å². The molecule has 1 fully saturated rings. The van der Waals surface area contributed by atoms with Gasteiger partial charge in [-0.15, -0.1) is 0 Å². The quantitative estimate of drug-likeness (QED) is 0.825. The lowest BCUT2D eigenvalue weighted by molar-refractivity contribution is -0.123. The normalized spacial score (nSPS) is 19.6. The van der Waals surface area contributed by atoms with E-state index in [9.17, 15) is 4.79 Å². The molecule has 0 aliphatic carbocycles. The van der Waals surface area contributed by atoms with Gasteiger partial charge >= 0.3 is 0 Å². The Morgan fingerprint density at radius 1 is 1.38 bits per heavy atom. The topological polar surface area (TPSA) is 62.8 Å². The fraction of sp³-hybridized carbons (Fsp3) is 0.611. The van der Waals surface area contributed by atoms with Crippen LogP contribution in [0, 0.1) is 6.92 Å². The number of benzene rings is 1. The Hall–Kier alpha value is -1.79. The van der Waals surface area contributed by atoms with Crippen molar-refractivity contribution >= 4 is 5.91 Å². The zero-order chi connectivity index (χ0) is 17.7. The van der Waals surface area contributed by atoms with E-state index in [-0.39, 0.29) is 11.9 Å². The van der Waals surface area contributed by atoms with E-state index in [1.807, 2.05) is 26.0 Å². The summed E-state index contributed by atoms with van der Waals surface area (Å²) in [6, 6.07) is 4.17. The molecule has 0 radical (unpaired) electrons. The molecule has 1 heterocycles. The largest absolute Gasteiger partial charge is 0.493 e. The van der Waals surface area contributed by atoms with Gasteiger partial charge in [-0.05, 0) is 44.0 Å². The van der Waals surface area contributed by atoms with E-state index in [4.69, 9.17) is 9.47 Å². The minimum Gasteiger partial charge on any atom is -0.493 e. The van der Waals surface area contributed by atoms with Crippen LogP contribution in [0.4, 0.5) is 0 Å². The van der Waals surface area contributed by atoms with Crippen LogP contribution in [-0.4, -0.2) is 57.2 Å². The predicted octanol–water partition coefficient (Wildman–Crippen LogP) is 1.48. The van der Waals surface area contributed by atoms with Crippen LogP contribution >= 0.6 is 0 Å². The van der Waals surface area contributed by atoms with Gasteiger partial charge in [0.2, 0.25) is 5.91 Å². The van der Waals surface area contributed by atoms with Crippen molar-refractivity contribution in [1.29, 1.82) is 0 Å². The van der Waals surface area contributed by atoms with Gasteiger partial charge in [-0.25, -0.2) is 0 Å². The standard InChI is InChI=1S/C18H29N3O3/c1-12-8-16(23-4)17(24-5)9-15(12)14(3)20-18(22)11-21-7-6-19-10-13(21)2/h8-9,13-14,19H,6-7,10-11H2,1-5H3,(H,20,22)/t13-,14?/m1/s1. The first-order valence-electron chi connectivity index (χ1n) is 8.43. The summed E-state index contributed by atoms with van der Waals surface area (Å²) in [7, 11) is 3.24. The van der Waals surface area contributed by atoms with Crippen LogP contribution in [0.15, 0.2) is 12.1 Å². The summed E-state index contributed by atoms with van der Waals surface area (Å²) >= 11 is 0. The molecule has 0 aromatic heterocycles. The van der Waals surface area contributed by atoms with Crippen LogP contribution in [-0.2, 0) is 4.79 Å². The summed E-state index contributed by atoms with van der Waals surface area (Å²) in [4.78, 5) is 14.6. The SMILES string of the molecule is COc1cc(C)c(C(C)NC(=O)CN2CCNC[C@H]2C)cc1OC. The molecule has 1 aromatic carbocycles. The number of rotatable bonds is 6. The highest BCUT2D eigenvalue weighted by molar-refractivity contribution is 5.78. The van der Waals surface area contributed by atoms with Gasteiger partial charge in [0.1, 0.15) is 0 Å². The molecule has 0 spiro atoms. The highest BCUT2D eigenvalue weighted by atomic mass is 16.5. The van der Waals surface area contributed by atoms with Gasteiger partial charge in [-0.1, -0.05) is 0 Å². The number of nitrogens with zero attached hydrogens (tertiary/aromatic N) is 1. The number of hydrogen-bond donors (Lipinski definition) is 2. The lowest BCUT2D eigenvalue weighted by atomic mass is 10.0. The smallest absolute Gasteiger partial charge is 0.234 e. The molecule has 1 amide bonds. The number of methoxy groups -OCH3 is 2. The summed E-state index contributed by atoms with van der Waals surface area (Å²) in [6.45, 7) is 9.34. The minimum absolute atomic E-state index is 0.0467. The first-order chi connectivity index (χ1) is 11.5. The average Bonchev–Trinajstić information content (AvgIpc) is 2.56. The second-order valence-corrected chi connectivity index (χ2v) is 6.38. The zero-order valence-electron chi connectivity index (χ0n) is 15.3. The van der Waals surface area contributed by atoms with Crippen LogP contribution in [0.1, 0.15) is 31.0 Å². The Bertz CT molecular complexity index is 577. The van der Waals surface area contributed by atoms with Crippen LogP contribution in [0.5, 0.6) is 11.5 Å². The van der Waals surface area contributed by atoms with Crippen LogP contribution in [0.2, 0.25) is 0 Å². The Kier molecular flexibility index (Phi) is 6.45. The molecule has 0 bridgehead atoms. The molecular formula is C18H29N3O3. The molecule has 2 rings (SSSR count). The Balaban J connectivity index is 2.03. The molecule has 24 heavy (non-hydrogen) atoms. The van der Waals surface area contributed by atoms with Gasteiger partial charge in [0.05, 0.1) is 26.8 Å².